The second-order valence-electron chi connectivity index (χ2n) is 21.1. The molecule has 28 nitrogen and oxygen atoms in total. The van der Waals surface area contributed by atoms with Crippen molar-refractivity contribution < 1.29 is 122 Å². The molecule has 31 heteroatoms. The van der Waals surface area contributed by atoms with E-state index in [1.165, 1.54) is 36.5 Å². The third-order valence-corrected chi connectivity index (χ3v) is 16.2. The first-order valence-electron chi connectivity index (χ1n) is 27.6. The normalized spacial score (nSPS) is 25.2. The van der Waals surface area contributed by atoms with E-state index >= 15 is 0 Å². The van der Waals surface area contributed by atoms with Crippen molar-refractivity contribution in [1.29, 1.82) is 5.26 Å². The number of aromatic hydroxyl groups is 1. The Kier molecular flexibility index (Phi) is 26.1. The molecule has 7 unspecified atom stereocenters. The number of β-amino-alcohol motifs (C(OH)–C–C–N with tert-alkyl or cyclic N) is 1. The third kappa shape index (κ3) is 18.1. The maximum Gasteiger partial charge on any atom is 1.00 e. The summed E-state index contributed by atoms with van der Waals surface area (Å²) < 4.78 is 15.0. The average molecular weight is 1260 g/mol. The van der Waals surface area contributed by atoms with Crippen LogP contribution in [0.5, 0.6) is 17.2 Å². The van der Waals surface area contributed by atoms with Gasteiger partial charge in [0.1, 0.15) is 47.0 Å². The number of phenolic OH excluding ortho intramolecular Hbond substituents is 1. The molecule has 3 fully saturated rings. The van der Waals surface area contributed by atoms with Gasteiger partial charge in [-0.1, -0.05) is 44.9 Å². The molecule has 0 saturated carbocycles. The van der Waals surface area contributed by atoms with E-state index in [4.69, 9.17) is 8.92 Å². The zero-order valence-electron chi connectivity index (χ0n) is 47.8. The third-order valence-electron chi connectivity index (χ3n) is 14.7. The smallest absolute Gasteiger partial charge is 0.691 e. The summed E-state index contributed by atoms with van der Waals surface area (Å²) in [6.45, 7) is 3.70. The van der Waals surface area contributed by atoms with E-state index < -0.39 is 165 Å². The number of nitrogens with zero attached hydrogens (tertiary/aromatic N) is 4. The van der Waals surface area contributed by atoms with E-state index in [2.05, 4.69) is 47.9 Å². The SMILES string of the molecule is CCCCCOc1ccc(-c2ncc(-c3ccc(C(=O)N[C@H]4C[C@H](O)CNC(=O)C5[C@@H](O)C(C)CN5C(=O)[C@H]([C@H](O)CC#N)NC(=O)C([C@H](O)Cc5ccc(O)c(OSOO[O-])c5)NC(=O)C5CC(O)CN5C(=O)C(C(C)O)NC4=O)cc3)s2)cc1.[Na+]. The molecule has 4 heterocycles. The van der Waals surface area contributed by atoms with Crippen LogP contribution in [-0.4, -0.2) is 191 Å². The van der Waals surface area contributed by atoms with Crippen LogP contribution in [0.4, 0.5) is 0 Å². The van der Waals surface area contributed by atoms with E-state index in [-0.39, 0.29) is 65.3 Å². The number of hydrogen-bond donors (Lipinski definition) is 12. The number of nitrogens with one attached hydrogen (secondary N) is 5. The molecule has 12 N–H and O–H groups in total. The Bertz CT molecular complexity index is 3070. The van der Waals surface area contributed by atoms with Crippen LogP contribution in [0.25, 0.3) is 21.0 Å². The number of ether oxygens (including phenoxy) is 1. The van der Waals surface area contributed by atoms with Crippen LogP contribution >= 0.6 is 23.7 Å². The summed E-state index contributed by atoms with van der Waals surface area (Å²) in [6.07, 6.45) is -8.34. The number of nitriles is 1. The first-order chi connectivity index (χ1) is 41.1. The van der Waals surface area contributed by atoms with Crippen molar-refractivity contribution in [3.05, 3.63) is 84.1 Å². The van der Waals surface area contributed by atoms with Crippen LogP contribution in [0.2, 0.25) is 0 Å². The second kappa shape index (κ2) is 32.6. The molecule has 3 aliphatic rings. The van der Waals surface area contributed by atoms with Gasteiger partial charge in [0, 0.05) is 62.1 Å². The summed E-state index contributed by atoms with van der Waals surface area (Å²) in [5.74, 6) is -8.95. The Morgan fingerprint density at radius 3 is 2.21 bits per heavy atom. The molecule has 4 aromatic rings. The summed E-state index contributed by atoms with van der Waals surface area (Å²) >= 11 is 1.41. The van der Waals surface area contributed by atoms with Gasteiger partial charge in [0.05, 0.1) is 60.6 Å². The predicted octanol–water partition coefficient (Wildman–Crippen LogP) is -4.22. The molecule has 1 aromatic heterocycles. The Labute approximate surface area is 530 Å². The number of phenols is 1. The number of fused-ring (bicyclic) bond motifs is 2. The van der Waals surface area contributed by atoms with Crippen LogP contribution in [0.1, 0.15) is 75.2 Å². The Hall–Kier alpha value is -6.54. The molecule has 87 heavy (non-hydrogen) atoms. The van der Waals surface area contributed by atoms with E-state index in [1.54, 1.807) is 24.4 Å². The number of amides is 7. The van der Waals surface area contributed by atoms with Crippen LogP contribution in [0.15, 0.2) is 72.9 Å². The van der Waals surface area contributed by atoms with Gasteiger partial charge >= 0.3 is 29.6 Å². The van der Waals surface area contributed by atoms with Crippen molar-refractivity contribution in [2.45, 2.75) is 139 Å². The number of unbranched alkanes of at least 4 members (excludes halogenated alkanes) is 2. The Balaban J connectivity index is 0.0000121. The fourth-order valence-corrected chi connectivity index (χ4v) is 11.3. The van der Waals surface area contributed by atoms with Crippen molar-refractivity contribution in [2.24, 2.45) is 5.92 Å². The van der Waals surface area contributed by atoms with Crippen LogP contribution in [-0.2, 0) is 44.6 Å². The largest absolute Gasteiger partial charge is 1.00 e. The number of hydrogen-bond acceptors (Lipinski definition) is 23. The molecule has 3 aliphatic heterocycles. The Morgan fingerprint density at radius 2 is 1.53 bits per heavy atom. The number of aliphatic hydroxyl groups is 6. The van der Waals surface area contributed by atoms with E-state index in [1.807, 2.05) is 24.3 Å². The van der Waals surface area contributed by atoms with Gasteiger partial charge in [-0.15, -0.1) is 15.7 Å². The maximum atomic E-state index is 14.6. The number of aromatic nitrogens is 1. The topological polar surface area (TPSA) is 424 Å². The molecule has 3 saturated heterocycles. The van der Waals surface area contributed by atoms with Crippen LogP contribution in [0.3, 0.4) is 0 Å². The Morgan fingerprint density at radius 1 is 0.851 bits per heavy atom. The van der Waals surface area contributed by atoms with E-state index in [9.17, 15) is 79.8 Å². The summed E-state index contributed by atoms with van der Waals surface area (Å²) in [5.41, 5.74) is 1.69. The van der Waals surface area contributed by atoms with E-state index in [0.29, 0.717) is 12.2 Å². The fourth-order valence-electron chi connectivity index (χ4n) is 10.1. The summed E-state index contributed by atoms with van der Waals surface area (Å²) in [5, 5.41) is 114. The van der Waals surface area contributed by atoms with E-state index in [0.717, 1.165) is 69.3 Å². The van der Waals surface area contributed by atoms with Gasteiger partial charge in [0.2, 0.25) is 35.4 Å². The first-order valence-corrected chi connectivity index (χ1v) is 29.1. The van der Waals surface area contributed by atoms with Crippen molar-refractivity contribution >= 4 is 65.0 Å². The molecule has 7 rings (SSSR count). The zero-order chi connectivity index (χ0) is 62.4. The molecule has 0 bridgehead atoms. The maximum absolute atomic E-state index is 14.6. The quantitative estimate of drug-likeness (QED) is 0.0139. The summed E-state index contributed by atoms with van der Waals surface area (Å²) in [7, 11) is 0. The number of carbonyl (C=O) groups is 7. The minimum Gasteiger partial charge on any atom is -0.691 e. The molecule has 13 atom stereocenters. The second-order valence-corrected chi connectivity index (χ2v) is 22.6. The average Bonchev–Trinajstić information content (AvgIpc) is 2.56. The van der Waals surface area contributed by atoms with Gasteiger partial charge in [0.25, 0.3) is 18.2 Å². The minimum absolute atomic E-state index is 0. The molecule has 7 amide bonds. The first kappa shape index (κ1) is 69.6. The van der Waals surface area contributed by atoms with Gasteiger partial charge < -0.3 is 86.3 Å². The van der Waals surface area contributed by atoms with Crippen molar-refractivity contribution in [3.63, 3.8) is 0 Å². The van der Waals surface area contributed by atoms with Crippen molar-refractivity contribution in [3.8, 4) is 44.3 Å². The summed E-state index contributed by atoms with van der Waals surface area (Å²) in [4.78, 5) is 108. The molecule has 0 aliphatic carbocycles. The number of thiazole rings is 1. The molecular weight excluding hydrogens is 1190 g/mol. The van der Waals surface area contributed by atoms with Gasteiger partial charge in [-0.2, -0.15) is 5.26 Å². The van der Waals surface area contributed by atoms with Crippen LogP contribution < -0.4 is 70.3 Å². The number of aliphatic hydroxyl groups excluding tert-OH is 6. The van der Waals surface area contributed by atoms with Gasteiger partial charge in [0.15, 0.2) is 11.5 Å². The molecule has 3 aromatic carbocycles. The van der Waals surface area contributed by atoms with Crippen molar-refractivity contribution in [1.82, 2.24) is 41.4 Å². The van der Waals surface area contributed by atoms with Crippen molar-refractivity contribution in [2.75, 3.05) is 26.2 Å². The van der Waals surface area contributed by atoms with Crippen LogP contribution in [0, 0.1) is 17.2 Å². The zero-order valence-corrected chi connectivity index (χ0v) is 51.5. The van der Waals surface area contributed by atoms with Gasteiger partial charge in [-0.05, 0) is 73.0 Å². The number of rotatable bonds is 19. The number of benzene rings is 3. The number of carbonyl (C=O) groups excluding carboxylic acids is 7. The molecule has 464 valence electrons. The standard InChI is InChI=1S/C56H69N9O19S2.Na/c1-4-5-6-19-81-36-14-12-33(13-15-36)54-59-25-43(85-54)31-8-10-32(11-9-31)49(73)60-37-22-34(67)24-58-53(77)47-48(72)28(2)26-65(47)56(79)46(40(70)17-18-57)63-52(76)45(41(71)20-30-7-16-39(69)42(21-30)82-86-84-83-80)62-51(75)38-23-35(68)27-64(38)55(78)44(29(3)66)61-50(37)74;/h7-16,21,25,28-29,34-35,37-38,40-41,44-48,66-72,80H,4-6,17,19-20,22-24,26-27H2,1-3H3,(H,58,77)(H,60,73)(H,61,74)(H,62,75)(H,63,76);/q;+1/p-1/t28?,29?,34-,35?,37-,38?,40+,41+,44?,45?,46-,47?,48-;/m0./s1. The van der Waals surface area contributed by atoms with Gasteiger partial charge in [-0.3, -0.25) is 38.6 Å². The summed E-state index contributed by atoms with van der Waals surface area (Å²) in [6, 6.07) is 7.56. The molecule has 0 radical (unpaired) electrons. The molecular formula is C56H68N9NaO19S2. The monoisotopic (exact) mass is 1260 g/mol. The predicted molar refractivity (Wildman–Crippen MR) is 302 cm³/mol. The minimum atomic E-state index is -2.16. The fraction of sp³-hybridized carbons (Fsp3) is 0.482. The molecule has 0 spiro atoms. The van der Waals surface area contributed by atoms with Gasteiger partial charge in [-0.25, -0.2) is 4.98 Å².